The standard InChI is InChI=1S/C21H26N6O6S2/c1-30-13-5-3-11(4-6-13)8-32-20(29)16-12(7-22)9-34-19-18(33-27(16)19)25-17(28)15(26-31-2)14-10-35-21(23)24-14/h3-6,10,18-19,21,24H,7-9,22-23H2,1-2H3,(H,25,28)/b26-15-. The first-order chi connectivity index (χ1) is 16.9. The molecule has 12 nitrogen and oxygen atoms in total. The number of rotatable bonds is 9. The molecule has 0 bridgehead atoms. The molecule has 0 aromatic heterocycles. The van der Waals surface area contributed by atoms with Crippen molar-refractivity contribution in [3.05, 3.63) is 52.2 Å². The highest BCUT2D eigenvalue weighted by molar-refractivity contribution is 8.02. The SMILES string of the molecule is CO/N=C(\C(=O)NC1ON2C(C(=O)OCc3ccc(OC)cc3)=C(CN)CSC12)C1=CSC(N)N1. The van der Waals surface area contributed by atoms with E-state index in [0.29, 0.717) is 22.8 Å². The third-order valence-electron chi connectivity index (χ3n) is 5.23. The van der Waals surface area contributed by atoms with Gasteiger partial charge in [-0.15, -0.1) is 11.8 Å². The number of nitrogens with zero attached hydrogens (tertiary/aromatic N) is 2. The summed E-state index contributed by atoms with van der Waals surface area (Å²) in [6.45, 7) is 0.251. The molecule has 6 N–H and O–H groups in total. The van der Waals surface area contributed by atoms with Crippen molar-refractivity contribution < 1.29 is 28.7 Å². The number of nitrogens with one attached hydrogen (secondary N) is 2. The number of carbonyl (C=O) groups is 2. The molecule has 1 amide bonds. The molecule has 0 aliphatic carbocycles. The minimum atomic E-state index is -0.693. The van der Waals surface area contributed by atoms with Crippen LogP contribution in [0.25, 0.3) is 0 Å². The van der Waals surface area contributed by atoms with Crippen molar-refractivity contribution in [1.82, 2.24) is 15.7 Å². The zero-order valence-corrected chi connectivity index (χ0v) is 20.7. The number of fused-ring (bicyclic) bond motifs is 1. The number of oxime groups is 1. The number of hydrogen-bond acceptors (Lipinski definition) is 13. The summed E-state index contributed by atoms with van der Waals surface area (Å²) < 4.78 is 10.7. The number of benzene rings is 1. The summed E-state index contributed by atoms with van der Waals surface area (Å²) in [4.78, 5) is 36.4. The summed E-state index contributed by atoms with van der Waals surface area (Å²) in [6.07, 6.45) is -0.693. The topological polar surface area (TPSA) is 163 Å². The molecule has 1 aromatic rings. The van der Waals surface area contributed by atoms with Crippen LogP contribution >= 0.6 is 23.5 Å². The summed E-state index contributed by atoms with van der Waals surface area (Å²) in [7, 11) is 2.93. The van der Waals surface area contributed by atoms with Gasteiger partial charge >= 0.3 is 5.97 Å². The lowest BCUT2D eigenvalue weighted by Gasteiger charge is -2.50. The van der Waals surface area contributed by atoms with Crippen LogP contribution in [-0.4, -0.2) is 66.3 Å². The van der Waals surface area contributed by atoms with Crippen molar-refractivity contribution in [2.45, 2.75) is 23.7 Å². The van der Waals surface area contributed by atoms with Crippen LogP contribution in [0.3, 0.4) is 0 Å². The third kappa shape index (κ3) is 5.51. The van der Waals surface area contributed by atoms with E-state index in [2.05, 4.69) is 15.8 Å². The molecule has 3 aliphatic heterocycles. The van der Waals surface area contributed by atoms with Gasteiger partial charge < -0.3 is 36.4 Å². The van der Waals surface area contributed by atoms with Gasteiger partial charge in [-0.05, 0) is 23.3 Å². The van der Waals surface area contributed by atoms with E-state index in [0.717, 1.165) is 5.56 Å². The van der Waals surface area contributed by atoms with E-state index in [1.54, 1.807) is 24.7 Å². The molecule has 3 heterocycles. The highest BCUT2D eigenvalue weighted by atomic mass is 32.2. The summed E-state index contributed by atoms with van der Waals surface area (Å²) in [5, 5.41) is 12.3. The molecule has 35 heavy (non-hydrogen) atoms. The fraction of sp³-hybridized carbons (Fsp3) is 0.381. The number of thioether (sulfide) groups is 2. The Bertz CT molecular complexity index is 1060. The van der Waals surface area contributed by atoms with Crippen LogP contribution in [-0.2, 0) is 30.6 Å². The van der Waals surface area contributed by atoms with Gasteiger partial charge in [-0.2, -0.15) is 0 Å². The normalized spacial score (nSPS) is 23.5. The molecular weight excluding hydrogens is 496 g/mol. The zero-order valence-electron chi connectivity index (χ0n) is 19.1. The van der Waals surface area contributed by atoms with Crippen LogP contribution in [0.5, 0.6) is 5.75 Å². The largest absolute Gasteiger partial charge is 0.497 e. The smallest absolute Gasteiger partial charge is 0.357 e. The van der Waals surface area contributed by atoms with E-state index in [1.165, 1.54) is 35.7 Å². The second kappa shape index (κ2) is 11.2. The van der Waals surface area contributed by atoms with Gasteiger partial charge in [-0.1, -0.05) is 29.1 Å². The Hall–Kier alpha value is -2.91. The van der Waals surface area contributed by atoms with E-state index in [4.69, 9.17) is 30.6 Å². The van der Waals surface area contributed by atoms with E-state index >= 15 is 0 Å². The summed E-state index contributed by atoms with van der Waals surface area (Å²) in [6, 6.07) is 7.21. The van der Waals surface area contributed by atoms with Crippen LogP contribution in [0.4, 0.5) is 0 Å². The number of carbonyl (C=O) groups excluding carboxylic acids is 2. The van der Waals surface area contributed by atoms with E-state index in [-0.39, 0.29) is 35.4 Å². The fourth-order valence-corrected chi connectivity index (χ4v) is 5.32. The molecule has 188 valence electrons. The van der Waals surface area contributed by atoms with Gasteiger partial charge in [0.1, 0.15) is 30.3 Å². The number of ether oxygens (including phenoxy) is 2. The van der Waals surface area contributed by atoms with Gasteiger partial charge in [-0.3, -0.25) is 4.79 Å². The van der Waals surface area contributed by atoms with Crippen molar-refractivity contribution in [3.63, 3.8) is 0 Å². The van der Waals surface area contributed by atoms with Crippen LogP contribution in [0.15, 0.2) is 51.8 Å². The van der Waals surface area contributed by atoms with Crippen LogP contribution in [0.1, 0.15) is 5.56 Å². The van der Waals surface area contributed by atoms with Crippen molar-refractivity contribution in [1.29, 1.82) is 0 Å². The first kappa shape index (κ1) is 25.2. The average molecular weight is 523 g/mol. The predicted molar refractivity (Wildman–Crippen MR) is 131 cm³/mol. The van der Waals surface area contributed by atoms with Crippen molar-refractivity contribution in [3.8, 4) is 5.75 Å². The zero-order chi connectivity index (χ0) is 24.9. The van der Waals surface area contributed by atoms with Gasteiger partial charge in [0.15, 0.2) is 17.6 Å². The first-order valence-corrected chi connectivity index (χ1v) is 12.5. The summed E-state index contributed by atoms with van der Waals surface area (Å²) in [5.74, 6) is 0.146. The molecule has 1 saturated heterocycles. The Morgan fingerprint density at radius 3 is 2.71 bits per heavy atom. The van der Waals surface area contributed by atoms with Gasteiger partial charge in [0.25, 0.3) is 5.91 Å². The Kier molecular flexibility index (Phi) is 8.07. The van der Waals surface area contributed by atoms with Crippen LogP contribution < -0.4 is 26.8 Å². The van der Waals surface area contributed by atoms with Gasteiger partial charge in [0.05, 0.1) is 12.8 Å². The summed E-state index contributed by atoms with van der Waals surface area (Å²) in [5.41, 5.74) is 13.5. The Labute approximate surface area is 210 Å². The number of esters is 1. The quantitative estimate of drug-likeness (QED) is 0.197. The lowest BCUT2D eigenvalue weighted by molar-refractivity contribution is -0.297. The van der Waals surface area contributed by atoms with Gasteiger partial charge in [-0.25, -0.2) is 14.7 Å². The van der Waals surface area contributed by atoms with Crippen molar-refractivity contribution in [2.75, 3.05) is 26.5 Å². The molecule has 0 saturated carbocycles. The minimum Gasteiger partial charge on any atom is -0.497 e. The Morgan fingerprint density at radius 1 is 1.31 bits per heavy atom. The second-order valence-electron chi connectivity index (χ2n) is 7.46. The van der Waals surface area contributed by atoms with Gasteiger partial charge in [0.2, 0.25) is 0 Å². The van der Waals surface area contributed by atoms with E-state index in [1.807, 2.05) is 12.1 Å². The molecule has 3 aliphatic rings. The van der Waals surface area contributed by atoms with Crippen molar-refractivity contribution >= 4 is 41.1 Å². The fourth-order valence-electron chi connectivity index (χ4n) is 3.46. The number of nitrogens with two attached hydrogens (primary N) is 2. The summed E-state index contributed by atoms with van der Waals surface area (Å²) >= 11 is 2.81. The first-order valence-electron chi connectivity index (χ1n) is 10.5. The molecular formula is C21H26N6O6S2. The predicted octanol–water partition coefficient (Wildman–Crippen LogP) is 0.136. The average Bonchev–Trinajstić information content (AvgIpc) is 3.29. The number of hydrogen-bond donors (Lipinski definition) is 4. The lowest BCUT2D eigenvalue weighted by Crippen LogP contribution is -2.66. The monoisotopic (exact) mass is 522 g/mol. The molecule has 1 fully saturated rings. The Balaban J connectivity index is 1.39. The molecule has 1 aromatic carbocycles. The molecule has 3 unspecified atom stereocenters. The maximum atomic E-state index is 12.9. The van der Waals surface area contributed by atoms with Crippen molar-refractivity contribution in [2.24, 2.45) is 16.6 Å². The maximum absolute atomic E-state index is 12.9. The second-order valence-corrected chi connectivity index (χ2v) is 9.58. The molecule has 4 rings (SSSR count). The maximum Gasteiger partial charge on any atom is 0.357 e. The number of methoxy groups -OCH3 is 1. The van der Waals surface area contributed by atoms with Crippen LogP contribution in [0.2, 0.25) is 0 Å². The van der Waals surface area contributed by atoms with Crippen LogP contribution in [0, 0.1) is 0 Å². The highest BCUT2D eigenvalue weighted by Gasteiger charge is 2.49. The van der Waals surface area contributed by atoms with Gasteiger partial charge in [0, 0.05) is 17.7 Å². The number of amides is 1. The lowest BCUT2D eigenvalue weighted by atomic mass is 10.2. The van der Waals surface area contributed by atoms with E-state index in [9.17, 15) is 9.59 Å². The van der Waals surface area contributed by atoms with E-state index < -0.39 is 18.1 Å². The highest BCUT2D eigenvalue weighted by Crippen LogP contribution is 2.40. The molecule has 14 heteroatoms. The third-order valence-corrected chi connectivity index (χ3v) is 7.30. The number of hydroxylamine groups is 2. The minimum absolute atomic E-state index is 0.0353. The Morgan fingerprint density at radius 2 is 2.09 bits per heavy atom. The molecule has 3 atom stereocenters. The molecule has 0 spiro atoms. The molecule has 0 radical (unpaired) electrons.